The van der Waals surface area contributed by atoms with Crippen LogP contribution in [0.15, 0.2) is 52.0 Å². The molecule has 2 aromatic rings. The molecule has 0 aliphatic carbocycles. The molecule has 0 bridgehead atoms. The highest BCUT2D eigenvalue weighted by Gasteiger charge is 2.04. The average molecular weight is 366 g/mol. The molecular weight excluding hydrogens is 353 g/mol. The van der Waals surface area contributed by atoms with Crippen molar-refractivity contribution in [3.05, 3.63) is 63.9 Å². The SMILES string of the molecule is NC(=O)NN=Cc1cc(Br)ccc1OCc1ccc(F)cc1. The van der Waals surface area contributed by atoms with Crippen LogP contribution in [0.2, 0.25) is 0 Å². The minimum atomic E-state index is -0.750. The van der Waals surface area contributed by atoms with Crippen molar-refractivity contribution < 1.29 is 13.9 Å². The van der Waals surface area contributed by atoms with Crippen molar-refractivity contribution in [3.8, 4) is 5.75 Å². The molecule has 3 N–H and O–H groups in total. The summed E-state index contributed by atoms with van der Waals surface area (Å²) in [6.07, 6.45) is 1.43. The van der Waals surface area contributed by atoms with Crippen molar-refractivity contribution in [2.45, 2.75) is 6.61 Å². The van der Waals surface area contributed by atoms with Crippen molar-refractivity contribution >= 4 is 28.2 Å². The van der Waals surface area contributed by atoms with E-state index < -0.39 is 6.03 Å². The molecule has 0 aromatic heterocycles. The van der Waals surface area contributed by atoms with Crippen LogP contribution in [0.3, 0.4) is 0 Å². The topological polar surface area (TPSA) is 76.7 Å². The van der Waals surface area contributed by atoms with E-state index >= 15 is 0 Å². The number of amides is 2. The molecule has 2 aromatic carbocycles. The van der Waals surface area contributed by atoms with Gasteiger partial charge in [-0.2, -0.15) is 5.10 Å². The summed E-state index contributed by atoms with van der Waals surface area (Å²) in [5.41, 5.74) is 8.55. The van der Waals surface area contributed by atoms with E-state index in [-0.39, 0.29) is 12.4 Å². The van der Waals surface area contributed by atoms with Crippen LogP contribution in [0.25, 0.3) is 0 Å². The minimum Gasteiger partial charge on any atom is -0.488 e. The number of benzene rings is 2. The summed E-state index contributed by atoms with van der Waals surface area (Å²) in [6, 6.07) is 10.7. The molecule has 0 heterocycles. The number of nitrogens with two attached hydrogens (primary N) is 1. The van der Waals surface area contributed by atoms with E-state index in [1.54, 1.807) is 24.3 Å². The molecule has 114 valence electrons. The van der Waals surface area contributed by atoms with Crippen LogP contribution in [-0.2, 0) is 6.61 Å². The quantitative estimate of drug-likeness (QED) is 0.630. The van der Waals surface area contributed by atoms with E-state index in [2.05, 4.69) is 26.5 Å². The van der Waals surface area contributed by atoms with Crippen molar-refractivity contribution in [2.75, 3.05) is 0 Å². The van der Waals surface area contributed by atoms with Crippen molar-refractivity contribution in [1.82, 2.24) is 5.43 Å². The van der Waals surface area contributed by atoms with Gasteiger partial charge in [-0.1, -0.05) is 28.1 Å². The largest absolute Gasteiger partial charge is 0.488 e. The molecule has 22 heavy (non-hydrogen) atoms. The summed E-state index contributed by atoms with van der Waals surface area (Å²) in [7, 11) is 0. The first-order valence-corrected chi connectivity index (χ1v) is 7.09. The van der Waals surface area contributed by atoms with Crippen molar-refractivity contribution in [1.29, 1.82) is 0 Å². The second kappa shape index (κ2) is 7.56. The van der Waals surface area contributed by atoms with Crippen LogP contribution >= 0.6 is 15.9 Å². The van der Waals surface area contributed by atoms with Gasteiger partial charge in [0.15, 0.2) is 0 Å². The fourth-order valence-electron chi connectivity index (χ4n) is 1.66. The molecule has 7 heteroatoms. The van der Waals surface area contributed by atoms with Crippen LogP contribution < -0.4 is 15.9 Å². The lowest BCUT2D eigenvalue weighted by Gasteiger charge is -2.09. The summed E-state index contributed by atoms with van der Waals surface area (Å²) < 4.78 is 19.4. The smallest absolute Gasteiger partial charge is 0.332 e. The fraction of sp³-hybridized carbons (Fsp3) is 0.0667. The molecule has 0 radical (unpaired) electrons. The maximum Gasteiger partial charge on any atom is 0.332 e. The zero-order valence-corrected chi connectivity index (χ0v) is 13.0. The van der Waals surface area contributed by atoms with Gasteiger partial charge in [0.2, 0.25) is 0 Å². The molecule has 0 spiro atoms. The number of nitrogens with one attached hydrogen (secondary N) is 1. The van der Waals surface area contributed by atoms with Gasteiger partial charge in [0, 0.05) is 10.0 Å². The summed E-state index contributed by atoms with van der Waals surface area (Å²) in [5.74, 6) is 0.278. The van der Waals surface area contributed by atoms with Crippen molar-refractivity contribution in [2.24, 2.45) is 10.8 Å². The van der Waals surface area contributed by atoms with Crippen LogP contribution in [0.4, 0.5) is 9.18 Å². The zero-order valence-electron chi connectivity index (χ0n) is 11.4. The van der Waals surface area contributed by atoms with E-state index in [0.717, 1.165) is 10.0 Å². The monoisotopic (exact) mass is 365 g/mol. The number of nitrogens with zero attached hydrogens (tertiary/aromatic N) is 1. The Kier molecular flexibility index (Phi) is 5.48. The zero-order chi connectivity index (χ0) is 15.9. The van der Waals surface area contributed by atoms with Crippen LogP contribution in [0.1, 0.15) is 11.1 Å². The maximum atomic E-state index is 12.9. The number of rotatable bonds is 5. The maximum absolute atomic E-state index is 12.9. The number of carbonyl (C=O) groups excluding carboxylic acids is 1. The molecule has 0 unspecified atom stereocenters. The second-order valence-corrected chi connectivity index (χ2v) is 5.25. The van der Waals surface area contributed by atoms with Gasteiger partial charge in [-0.25, -0.2) is 14.6 Å². The first-order valence-electron chi connectivity index (χ1n) is 6.30. The molecule has 0 saturated carbocycles. The van der Waals surface area contributed by atoms with E-state index in [9.17, 15) is 9.18 Å². The Bertz CT molecular complexity index is 690. The highest BCUT2D eigenvalue weighted by Crippen LogP contribution is 2.22. The molecular formula is C15H13BrFN3O2. The summed E-state index contributed by atoms with van der Waals surface area (Å²) in [5, 5.41) is 3.71. The van der Waals surface area contributed by atoms with Gasteiger partial charge in [0.25, 0.3) is 0 Å². The highest BCUT2D eigenvalue weighted by atomic mass is 79.9. The van der Waals surface area contributed by atoms with Gasteiger partial charge >= 0.3 is 6.03 Å². The molecule has 0 atom stereocenters. The van der Waals surface area contributed by atoms with E-state index in [1.165, 1.54) is 18.3 Å². The third-order valence-electron chi connectivity index (χ3n) is 2.66. The number of hydrazone groups is 1. The lowest BCUT2D eigenvalue weighted by atomic mass is 10.2. The third kappa shape index (κ3) is 4.85. The van der Waals surface area contributed by atoms with Gasteiger partial charge in [-0.15, -0.1) is 0 Å². The van der Waals surface area contributed by atoms with Gasteiger partial charge < -0.3 is 10.5 Å². The average Bonchev–Trinajstić information content (AvgIpc) is 2.48. The van der Waals surface area contributed by atoms with Gasteiger partial charge in [-0.05, 0) is 35.9 Å². The Morgan fingerprint density at radius 3 is 2.73 bits per heavy atom. The predicted octanol–water partition coefficient (Wildman–Crippen LogP) is 3.17. The van der Waals surface area contributed by atoms with Crippen LogP contribution in [0.5, 0.6) is 5.75 Å². The van der Waals surface area contributed by atoms with E-state index in [1.807, 2.05) is 6.07 Å². The number of carbonyl (C=O) groups is 1. The van der Waals surface area contributed by atoms with Crippen LogP contribution in [-0.4, -0.2) is 12.2 Å². The number of urea groups is 1. The molecule has 5 nitrogen and oxygen atoms in total. The number of hydrogen-bond acceptors (Lipinski definition) is 3. The number of ether oxygens (including phenoxy) is 1. The van der Waals surface area contributed by atoms with Gasteiger partial charge in [0.1, 0.15) is 18.2 Å². The first kappa shape index (κ1) is 16.0. The number of hydrogen-bond donors (Lipinski definition) is 2. The lowest BCUT2D eigenvalue weighted by Crippen LogP contribution is -2.24. The van der Waals surface area contributed by atoms with Crippen molar-refractivity contribution in [3.63, 3.8) is 0 Å². The second-order valence-electron chi connectivity index (χ2n) is 4.33. The molecule has 0 saturated heterocycles. The van der Waals surface area contributed by atoms with Gasteiger partial charge in [-0.3, -0.25) is 0 Å². The lowest BCUT2D eigenvalue weighted by molar-refractivity contribution is 0.249. The first-order chi connectivity index (χ1) is 10.5. The molecule has 2 rings (SSSR count). The Labute approximate surface area is 135 Å². The molecule has 0 fully saturated rings. The molecule has 2 amide bonds. The Morgan fingerprint density at radius 1 is 1.32 bits per heavy atom. The summed E-state index contributed by atoms with van der Waals surface area (Å²) >= 11 is 3.35. The van der Waals surface area contributed by atoms with Crippen LogP contribution in [0, 0.1) is 5.82 Å². The van der Waals surface area contributed by atoms with E-state index in [4.69, 9.17) is 10.5 Å². The van der Waals surface area contributed by atoms with E-state index in [0.29, 0.717) is 11.3 Å². The fourth-order valence-corrected chi connectivity index (χ4v) is 2.04. The summed E-state index contributed by atoms with van der Waals surface area (Å²) in [6.45, 7) is 0.284. The minimum absolute atomic E-state index is 0.284. The Hall–Kier alpha value is -2.41. The Balaban J connectivity index is 2.10. The predicted molar refractivity (Wildman–Crippen MR) is 85.2 cm³/mol. The Morgan fingerprint density at radius 2 is 2.05 bits per heavy atom. The summed E-state index contributed by atoms with van der Waals surface area (Å²) in [4.78, 5) is 10.6. The number of halogens is 2. The molecule has 0 aliphatic rings. The highest BCUT2D eigenvalue weighted by molar-refractivity contribution is 9.10. The molecule has 0 aliphatic heterocycles. The number of primary amides is 1. The van der Waals surface area contributed by atoms with Gasteiger partial charge in [0.05, 0.1) is 6.21 Å². The third-order valence-corrected chi connectivity index (χ3v) is 3.15. The standard InChI is InChI=1S/C15H13BrFN3O2/c16-12-3-6-14(11(7-12)8-19-20-15(18)21)22-9-10-1-4-13(17)5-2-10/h1-8H,9H2,(H3,18,20,21). The normalized spacial score (nSPS) is 10.6.